The number of ether oxygens (including phenoxy) is 2. The van der Waals surface area contributed by atoms with Crippen LogP contribution < -0.4 is 0 Å². The van der Waals surface area contributed by atoms with Crippen molar-refractivity contribution in [2.75, 3.05) is 34.2 Å². The summed E-state index contributed by atoms with van der Waals surface area (Å²) in [5, 5.41) is 14.8. The molecule has 0 aromatic rings. The Bertz CT molecular complexity index is 478. The summed E-state index contributed by atoms with van der Waals surface area (Å²) in [5.74, 6) is -1.67. The lowest BCUT2D eigenvalue weighted by Crippen LogP contribution is -2.43. The summed E-state index contributed by atoms with van der Waals surface area (Å²) < 4.78 is 11.2. The van der Waals surface area contributed by atoms with Gasteiger partial charge in [0, 0.05) is 13.8 Å². The third-order valence-electron chi connectivity index (χ3n) is 3.47. The summed E-state index contributed by atoms with van der Waals surface area (Å²) >= 11 is 0. The van der Waals surface area contributed by atoms with Crippen LogP contribution in [0, 0.1) is 0 Å². The van der Waals surface area contributed by atoms with Crippen LogP contribution in [0.2, 0.25) is 0 Å². The number of carboxylic acid groups (broad SMARTS) is 2. The SMILES string of the molecule is CC(=O)C(C)(C)OCN(C)CN(C)COC(C)(C)C(C)=O.CC(=O)O.CC(=O)O. The maximum Gasteiger partial charge on any atom is 0.300 e. The van der Waals surface area contributed by atoms with Crippen LogP contribution in [0.25, 0.3) is 0 Å². The molecule has 0 bridgehead atoms. The first kappa shape index (κ1) is 31.8. The molecule has 0 saturated heterocycles. The summed E-state index contributed by atoms with van der Waals surface area (Å²) in [6, 6.07) is 0. The molecule has 0 fully saturated rings. The lowest BCUT2D eigenvalue weighted by atomic mass is 10.1. The van der Waals surface area contributed by atoms with Crippen LogP contribution in [0.15, 0.2) is 0 Å². The molecule has 0 aromatic carbocycles. The molecule has 172 valence electrons. The van der Waals surface area contributed by atoms with Gasteiger partial charge in [-0.05, 0) is 55.6 Å². The predicted molar refractivity (Wildman–Crippen MR) is 108 cm³/mol. The second-order valence-corrected chi connectivity index (χ2v) is 7.57. The number of rotatable bonds is 10. The van der Waals surface area contributed by atoms with E-state index in [0.29, 0.717) is 20.1 Å². The second kappa shape index (κ2) is 15.0. The molecule has 0 atom stereocenters. The van der Waals surface area contributed by atoms with Gasteiger partial charge in [0.2, 0.25) is 0 Å². The van der Waals surface area contributed by atoms with Gasteiger partial charge < -0.3 is 19.7 Å². The van der Waals surface area contributed by atoms with Gasteiger partial charge in [-0.15, -0.1) is 0 Å². The van der Waals surface area contributed by atoms with Crippen molar-refractivity contribution in [3.05, 3.63) is 0 Å². The zero-order valence-corrected chi connectivity index (χ0v) is 19.4. The molecule has 10 nitrogen and oxygen atoms in total. The Hall–Kier alpha value is -1.88. The number of aliphatic carboxylic acids is 2. The highest BCUT2D eigenvalue weighted by molar-refractivity contribution is 5.84. The number of carboxylic acids is 2. The summed E-state index contributed by atoms with van der Waals surface area (Å²) in [6.07, 6.45) is 0. The fourth-order valence-electron chi connectivity index (χ4n) is 1.24. The van der Waals surface area contributed by atoms with Crippen LogP contribution in [-0.4, -0.2) is 88.9 Å². The quantitative estimate of drug-likeness (QED) is 0.501. The Morgan fingerprint density at radius 2 is 0.897 bits per heavy atom. The van der Waals surface area contributed by atoms with E-state index in [1.54, 1.807) is 27.7 Å². The van der Waals surface area contributed by atoms with Gasteiger partial charge in [-0.1, -0.05) is 0 Å². The highest BCUT2D eigenvalue weighted by Crippen LogP contribution is 2.12. The Morgan fingerprint density at radius 1 is 0.690 bits per heavy atom. The number of nitrogens with zero attached hydrogens (tertiary/aromatic N) is 2. The van der Waals surface area contributed by atoms with Crippen LogP contribution in [0.5, 0.6) is 0 Å². The lowest BCUT2D eigenvalue weighted by molar-refractivity contribution is -0.150. The standard InChI is InChI=1S/C15H30N2O4.2C2H4O2/c1-12(18)14(3,4)20-10-16(7)9-17(8)11-21-15(5,6)13(2)19;2*1-2(3)4/h9-11H2,1-8H3;2*1H3,(H,3,4). The largest absolute Gasteiger partial charge is 0.481 e. The molecule has 0 amide bonds. The van der Waals surface area contributed by atoms with E-state index in [1.165, 1.54) is 13.8 Å². The van der Waals surface area contributed by atoms with Crippen molar-refractivity contribution in [2.24, 2.45) is 0 Å². The Morgan fingerprint density at radius 3 is 1.07 bits per heavy atom. The third kappa shape index (κ3) is 22.3. The summed E-state index contributed by atoms with van der Waals surface area (Å²) in [6.45, 7) is 13.5. The first-order chi connectivity index (χ1) is 12.8. The minimum Gasteiger partial charge on any atom is -0.481 e. The summed E-state index contributed by atoms with van der Waals surface area (Å²) in [5.41, 5.74) is -1.56. The summed E-state index contributed by atoms with van der Waals surface area (Å²) in [4.78, 5) is 44.6. The van der Waals surface area contributed by atoms with Crippen LogP contribution in [0.1, 0.15) is 55.4 Å². The van der Waals surface area contributed by atoms with E-state index in [2.05, 4.69) is 0 Å². The average molecular weight is 423 g/mol. The van der Waals surface area contributed by atoms with Gasteiger partial charge >= 0.3 is 0 Å². The Kier molecular flexibility index (Phi) is 16.5. The molecule has 0 rings (SSSR count). The van der Waals surface area contributed by atoms with Crippen LogP contribution in [0.4, 0.5) is 0 Å². The smallest absolute Gasteiger partial charge is 0.300 e. The zero-order valence-electron chi connectivity index (χ0n) is 19.4. The van der Waals surface area contributed by atoms with Crippen LogP contribution in [-0.2, 0) is 28.7 Å². The minimum absolute atomic E-state index is 0.00389. The molecule has 0 saturated carbocycles. The van der Waals surface area contributed by atoms with Crippen molar-refractivity contribution in [1.82, 2.24) is 9.80 Å². The lowest BCUT2D eigenvalue weighted by Gasteiger charge is -2.30. The molecule has 0 radical (unpaired) electrons. The fourth-order valence-corrected chi connectivity index (χ4v) is 1.24. The molecule has 0 spiro atoms. The number of ketones is 2. The second-order valence-electron chi connectivity index (χ2n) is 7.57. The highest BCUT2D eigenvalue weighted by Gasteiger charge is 2.26. The van der Waals surface area contributed by atoms with E-state index in [4.69, 9.17) is 29.3 Å². The number of Topliss-reactive ketones (excluding diaryl/α,β-unsaturated/α-hetero) is 2. The number of hydrogen-bond acceptors (Lipinski definition) is 8. The number of carbonyl (C=O) groups excluding carboxylic acids is 2. The van der Waals surface area contributed by atoms with Crippen molar-refractivity contribution < 1.29 is 38.9 Å². The topological polar surface area (TPSA) is 134 Å². The summed E-state index contributed by atoms with van der Waals surface area (Å²) in [7, 11) is 3.78. The van der Waals surface area contributed by atoms with E-state index < -0.39 is 23.1 Å². The monoisotopic (exact) mass is 422 g/mol. The van der Waals surface area contributed by atoms with Crippen molar-refractivity contribution in [2.45, 2.75) is 66.6 Å². The predicted octanol–water partition coefficient (Wildman–Crippen LogP) is 1.67. The maximum absolute atomic E-state index is 11.4. The van der Waals surface area contributed by atoms with Crippen LogP contribution >= 0.6 is 0 Å². The molecule has 2 N–H and O–H groups in total. The molecule has 0 aliphatic rings. The van der Waals surface area contributed by atoms with Gasteiger partial charge in [-0.3, -0.25) is 29.0 Å². The zero-order chi connectivity index (χ0) is 24.0. The molecule has 10 heteroatoms. The molecule has 0 aliphatic heterocycles. The van der Waals surface area contributed by atoms with Crippen molar-refractivity contribution in [3.63, 3.8) is 0 Å². The Balaban J connectivity index is -0.000000712. The molecule has 0 aliphatic carbocycles. The Labute approximate surface area is 173 Å². The number of hydrogen-bond donors (Lipinski definition) is 2. The molecule has 0 unspecified atom stereocenters. The highest BCUT2D eigenvalue weighted by atomic mass is 16.5. The minimum atomic E-state index is -0.833. The molecule has 29 heavy (non-hydrogen) atoms. The van der Waals surface area contributed by atoms with Crippen molar-refractivity contribution in [3.8, 4) is 0 Å². The van der Waals surface area contributed by atoms with Gasteiger partial charge in [-0.2, -0.15) is 0 Å². The van der Waals surface area contributed by atoms with E-state index in [0.717, 1.165) is 13.8 Å². The van der Waals surface area contributed by atoms with Gasteiger partial charge in [-0.25, -0.2) is 0 Å². The van der Waals surface area contributed by atoms with E-state index in [-0.39, 0.29) is 11.6 Å². The normalized spacial score (nSPS) is 11.2. The van der Waals surface area contributed by atoms with Gasteiger partial charge in [0.25, 0.3) is 11.9 Å². The average Bonchev–Trinajstić information content (AvgIpc) is 2.50. The molecule has 0 heterocycles. The van der Waals surface area contributed by atoms with Gasteiger partial charge in [0.15, 0.2) is 11.6 Å². The van der Waals surface area contributed by atoms with E-state index >= 15 is 0 Å². The maximum atomic E-state index is 11.4. The molecular formula is C19H38N2O8. The van der Waals surface area contributed by atoms with Gasteiger partial charge in [0.05, 0.1) is 6.67 Å². The first-order valence-corrected chi connectivity index (χ1v) is 8.91. The molecule has 0 aromatic heterocycles. The van der Waals surface area contributed by atoms with Gasteiger partial charge in [0.1, 0.15) is 24.7 Å². The number of carbonyl (C=O) groups is 4. The van der Waals surface area contributed by atoms with Crippen molar-refractivity contribution in [1.29, 1.82) is 0 Å². The van der Waals surface area contributed by atoms with Crippen molar-refractivity contribution >= 4 is 23.5 Å². The van der Waals surface area contributed by atoms with Crippen LogP contribution in [0.3, 0.4) is 0 Å². The van der Waals surface area contributed by atoms with E-state index in [1.807, 2.05) is 23.9 Å². The fraction of sp³-hybridized carbons (Fsp3) is 0.789. The molecular weight excluding hydrogens is 384 g/mol. The van der Waals surface area contributed by atoms with E-state index in [9.17, 15) is 9.59 Å². The third-order valence-corrected chi connectivity index (χ3v) is 3.47. The first-order valence-electron chi connectivity index (χ1n) is 8.91.